The number of ether oxygens (including phenoxy) is 2. The van der Waals surface area contributed by atoms with Crippen LogP contribution in [0.15, 0.2) is 72.8 Å². The van der Waals surface area contributed by atoms with Crippen molar-refractivity contribution in [2.45, 2.75) is 6.61 Å². The van der Waals surface area contributed by atoms with Gasteiger partial charge < -0.3 is 20.3 Å². The van der Waals surface area contributed by atoms with Gasteiger partial charge in [-0.1, -0.05) is 30.3 Å². The molecule has 0 amide bonds. The lowest BCUT2D eigenvalue weighted by atomic mass is 10.2. The molecule has 0 aliphatic rings. The van der Waals surface area contributed by atoms with E-state index < -0.39 is 0 Å². The molecule has 0 bridgehead atoms. The van der Waals surface area contributed by atoms with E-state index in [2.05, 4.69) is 0 Å². The fraction of sp³-hybridized carbons (Fsp3) is 0.0526. The Morgan fingerprint density at radius 3 is 2.22 bits per heavy atom. The summed E-state index contributed by atoms with van der Waals surface area (Å²) in [5.74, 6) is 2.02. The van der Waals surface area contributed by atoms with Crippen molar-refractivity contribution >= 4 is 5.69 Å². The van der Waals surface area contributed by atoms with Crippen LogP contribution in [-0.2, 0) is 6.61 Å². The first-order valence-corrected chi connectivity index (χ1v) is 7.24. The number of phenolic OH excluding ortho intramolecular Hbond substituents is 1. The highest BCUT2D eigenvalue weighted by Crippen LogP contribution is 2.31. The first-order valence-electron chi connectivity index (χ1n) is 7.24. The summed E-state index contributed by atoms with van der Waals surface area (Å²) in [7, 11) is 0. The maximum absolute atomic E-state index is 9.27. The Hall–Kier alpha value is -3.14. The predicted molar refractivity (Wildman–Crippen MR) is 89.8 cm³/mol. The molecule has 0 aromatic heterocycles. The number of rotatable bonds is 5. The minimum Gasteiger partial charge on any atom is -0.508 e. The van der Waals surface area contributed by atoms with Gasteiger partial charge in [0.2, 0.25) is 0 Å². The Morgan fingerprint density at radius 2 is 1.52 bits per heavy atom. The Bertz CT molecular complexity index is 770. The third kappa shape index (κ3) is 3.95. The molecule has 0 atom stereocenters. The number of hydrogen-bond acceptors (Lipinski definition) is 4. The molecule has 3 aromatic rings. The van der Waals surface area contributed by atoms with Gasteiger partial charge in [0, 0.05) is 6.07 Å². The first kappa shape index (κ1) is 14.8. The summed E-state index contributed by atoms with van der Waals surface area (Å²) in [5, 5.41) is 9.27. The number of phenols is 1. The molecule has 4 heteroatoms. The van der Waals surface area contributed by atoms with E-state index in [0.717, 1.165) is 5.56 Å². The van der Waals surface area contributed by atoms with Crippen LogP contribution < -0.4 is 15.2 Å². The van der Waals surface area contributed by atoms with Crippen LogP contribution in [0.4, 0.5) is 5.69 Å². The van der Waals surface area contributed by atoms with Crippen LogP contribution in [0.2, 0.25) is 0 Å². The van der Waals surface area contributed by atoms with Crippen molar-refractivity contribution in [1.29, 1.82) is 0 Å². The zero-order valence-corrected chi connectivity index (χ0v) is 12.5. The average molecular weight is 307 g/mol. The van der Waals surface area contributed by atoms with Crippen LogP contribution in [0, 0.1) is 0 Å². The Balaban J connectivity index is 1.67. The minimum absolute atomic E-state index is 0.190. The van der Waals surface area contributed by atoms with Crippen LogP contribution in [0.25, 0.3) is 0 Å². The number of nitrogens with two attached hydrogens (primary N) is 1. The highest BCUT2D eigenvalue weighted by Gasteiger charge is 2.05. The van der Waals surface area contributed by atoms with Gasteiger partial charge >= 0.3 is 0 Å². The molecule has 3 aromatic carbocycles. The van der Waals surface area contributed by atoms with E-state index in [9.17, 15) is 5.11 Å². The number of benzene rings is 3. The van der Waals surface area contributed by atoms with Gasteiger partial charge in [-0.15, -0.1) is 0 Å². The van der Waals surface area contributed by atoms with E-state index in [0.29, 0.717) is 29.5 Å². The van der Waals surface area contributed by atoms with E-state index in [-0.39, 0.29) is 5.75 Å². The van der Waals surface area contributed by atoms with Gasteiger partial charge in [-0.05, 0) is 42.0 Å². The molecule has 0 spiro atoms. The second kappa shape index (κ2) is 6.75. The van der Waals surface area contributed by atoms with Crippen molar-refractivity contribution in [3.63, 3.8) is 0 Å². The van der Waals surface area contributed by atoms with Crippen molar-refractivity contribution in [2.75, 3.05) is 5.73 Å². The minimum atomic E-state index is 0.190. The molecule has 116 valence electrons. The van der Waals surface area contributed by atoms with E-state index in [1.807, 2.05) is 36.4 Å². The summed E-state index contributed by atoms with van der Waals surface area (Å²) in [4.78, 5) is 0. The first-order chi connectivity index (χ1) is 11.2. The third-order valence-electron chi connectivity index (χ3n) is 3.29. The normalized spacial score (nSPS) is 10.3. The molecule has 0 radical (unpaired) electrons. The molecule has 0 saturated heterocycles. The lowest BCUT2D eigenvalue weighted by molar-refractivity contribution is 0.306. The van der Waals surface area contributed by atoms with Crippen LogP contribution in [-0.4, -0.2) is 5.11 Å². The zero-order valence-electron chi connectivity index (χ0n) is 12.5. The summed E-state index contributed by atoms with van der Waals surface area (Å²) in [5.41, 5.74) is 7.60. The van der Waals surface area contributed by atoms with E-state index >= 15 is 0 Å². The second-order valence-electron chi connectivity index (χ2n) is 5.07. The van der Waals surface area contributed by atoms with Gasteiger partial charge in [0.25, 0.3) is 0 Å². The summed E-state index contributed by atoms with van der Waals surface area (Å²) < 4.78 is 11.4. The van der Waals surface area contributed by atoms with Gasteiger partial charge in [-0.3, -0.25) is 0 Å². The summed E-state index contributed by atoms with van der Waals surface area (Å²) in [6, 6.07) is 21.7. The standard InChI is InChI=1S/C19H17NO3/c20-18-12-17(22-13-14-4-2-1-3-5-14)10-11-19(18)23-16-8-6-15(21)7-9-16/h1-12,21H,13,20H2. The topological polar surface area (TPSA) is 64.7 Å². The molecular formula is C19H17NO3. The average Bonchev–Trinajstić information content (AvgIpc) is 2.58. The SMILES string of the molecule is Nc1cc(OCc2ccccc2)ccc1Oc1ccc(O)cc1. The lowest BCUT2D eigenvalue weighted by Crippen LogP contribution is -1.97. The molecule has 3 N–H and O–H groups in total. The molecule has 0 unspecified atom stereocenters. The van der Waals surface area contributed by atoms with Crippen molar-refractivity contribution < 1.29 is 14.6 Å². The van der Waals surface area contributed by atoms with Gasteiger partial charge in [0.15, 0.2) is 5.75 Å². The van der Waals surface area contributed by atoms with Gasteiger partial charge in [-0.2, -0.15) is 0 Å². The van der Waals surface area contributed by atoms with Crippen LogP contribution in [0.1, 0.15) is 5.56 Å². The molecule has 23 heavy (non-hydrogen) atoms. The molecule has 0 fully saturated rings. The maximum atomic E-state index is 9.27. The molecule has 0 aliphatic carbocycles. The number of nitrogen functional groups attached to an aromatic ring is 1. The molecule has 3 rings (SSSR count). The zero-order chi connectivity index (χ0) is 16.1. The van der Waals surface area contributed by atoms with Crippen molar-refractivity contribution in [3.05, 3.63) is 78.4 Å². The maximum Gasteiger partial charge on any atom is 0.150 e. The highest BCUT2D eigenvalue weighted by molar-refractivity contribution is 5.57. The third-order valence-corrected chi connectivity index (χ3v) is 3.29. The Morgan fingerprint density at radius 1 is 0.826 bits per heavy atom. The van der Waals surface area contributed by atoms with Crippen LogP contribution in [0.3, 0.4) is 0 Å². The molecule has 0 saturated carbocycles. The van der Waals surface area contributed by atoms with Crippen molar-refractivity contribution in [2.24, 2.45) is 0 Å². The Labute approximate surface area is 134 Å². The second-order valence-corrected chi connectivity index (χ2v) is 5.07. The van der Waals surface area contributed by atoms with E-state index in [1.54, 1.807) is 36.4 Å². The molecule has 0 aliphatic heterocycles. The van der Waals surface area contributed by atoms with Crippen LogP contribution in [0.5, 0.6) is 23.0 Å². The number of aromatic hydroxyl groups is 1. The smallest absolute Gasteiger partial charge is 0.150 e. The van der Waals surface area contributed by atoms with Gasteiger partial charge in [0.1, 0.15) is 23.9 Å². The molecular weight excluding hydrogens is 290 g/mol. The lowest BCUT2D eigenvalue weighted by Gasteiger charge is -2.11. The molecule has 4 nitrogen and oxygen atoms in total. The molecule has 0 heterocycles. The fourth-order valence-corrected chi connectivity index (χ4v) is 2.09. The highest BCUT2D eigenvalue weighted by atomic mass is 16.5. The van der Waals surface area contributed by atoms with Crippen LogP contribution >= 0.6 is 0 Å². The fourth-order valence-electron chi connectivity index (χ4n) is 2.09. The van der Waals surface area contributed by atoms with Gasteiger partial charge in [0.05, 0.1) is 5.69 Å². The largest absolute Gasteiger partial charge is 0.508 e. The summed E-state index contributed by atoms with van der Waals surface area (Å²) >= 11 is 0. The van der Waals surface area contributed by atoms with Gasteiger partial charge in [-0.25, -0.2) is 0 Å². The quantitative estimate of drug-likeness (QED) is 0.688. The summed E-state index contributed by atoms with van der Waals surface area (Å²) in [6.45, 7) is 0.485. The van der Waals surface area contributed by atoms with Crippen molar-refractivity contribution in [1.82, 2.24) is 0 Å². The van der Waals surface area contributed by atoms with E-state index in [1.165, 1.54) is 0 Å². The number of anilines is 1. The number of hydrogen-bond donors (Lipinski definition) is 2. The summed E-state index contributed by atoms with van der Waals surface area (Å²) in [6.07, 6.45) is 0. The van der Waals surface area contributed by atoms with Crippen molar-refractivity contribution in [3.8, 4) is 23.0 Å². The Kier molecular flexibility index (Phi) is 4.34. The predicted octanol–water partition coefficient (Wildman–Crippen LogP) is 4.35. The monoisotopic (exact) mass is 307 g/mol. The van der Waals surface area contributed by atoms with E-state index in [4.69, 9.17) is 15.2 Å².